The van der Waals surface area contributed by atoms with Gasteiger partial charge in [0, 0.05) is 22.3 Å². The molecule has 0 aliphatic carbocycles. The molecule has 0 radical (unpaired) electrons. The molecule has 0 saturated heterocycles. The molecule has 0 fully saturated rings. The van der Waals surface area contributed by atoms with E-state index in [0.29, 0.717) is 41.6 Å². The Balaban J connectivity index is 1.95. The Kier molecular flexibility index (Phi) is 4.19. The van der Waals surface area contributed by atoms with Crippen molar-refractivity contribution in [1.82, 2.24) is 4.57 Å². The quantitative estimate of drug-likeness (QED) is 0.714. The number of thiazole rings is 1. The van der Waals surface area contributed by atoms with E-state index in [0.717, 1.165) is 0 Å². The van der Waals surface area contributed by atoms with Gasteiger partial charge in [-0.05, 0) is 42.5 Å². The number of fused-ring (bicyclic) bond motifs is 1. The number of carbonyl (C=O) groups excluding carboxylic acids is 1. The van der Waals surface area contributed by atoms with Crippen LogP contribution in [0, 0.1) is 0 Å². The van der Waals surface area contributed by atoms with Crippen molar-refractivity contribution in [2.75, 3.05) is 0 Å². The largest absolute Gasteiger partial charge is 0.493 e. The highest BCUT2D eigenvalue weighted by Gasteiger charge is 2.24. The number of nitrogens with zero attached hydrogens (tertiary/aromatic N) is 3. The van der Waals surface area contributed by atoms with Crippen LogP contribution in [0.2, 0.25) is 10.0 Å². The van der Waals surface area contributed by atoms with Gasteiger partial charge in [0.05, 0.1) is 16.6 Å². The molecule has 4 rings (SSSR count). The number of hydrogen-bond acceptors (Lipinski definition) is 4. The number of halogens is 2. The zero-order chi connectivity index (χ0) is 18.4. The van der Waals surface area contributed by atoms with E-state index < -0.39 is 5.91 Å². The molecule has 0 spiro atoms. The third-order valence-electron chi connectivity index (χ3n) is 3.94. The fourth-order valence-corrected chi connectivity index (χ4v) is 4.02. The van der Waals surface area contributed by atoms with Gasteiger partial charge in [0.1, 0.15) is 4.88 Å². The van der Waals surface area contributed by atoms with E-state index in [4.69, 9.17) is 23.2 Å². The Morgan fingerprint density at radius 1 is 1.12 bits per heavy atom. The van der Waals surface area contributed by atoms with Gasteiger partial charge in [0.15, 0.2) is 4.80 Å². The minimum absolute atomic E-state index is 0.0471. The van der Waals surface area contributed by atoms with E-state index >= 15 is 0 Å². The summed E-state index contributed by atoms with van der Waals surface area (Å²) in [4.78, 5) is 21.9. The first-order valence-corrected chi connectivity index (χ1v) is 9.13. The number of amides is 1. The maximum absolute atomic E-state index is 12.4. The fourth-order valence-electron chi connectivity index (χ4n) is 2.64. The molecule has 130 valence electrons. The van der Waals surface area contributed by atoms with Crippen molar-refractivity contribution < 1.29 is 9.90 Å². The molecule has 26 heavy (non-hydrogen) atoms. The predicted octanol–water partition coefficient (Wildman–Crippen LogP) is 2.69. The average molecular weight is 404 g/mol. The molecule has 2 aromatic carbocycles. The summed E-state index contributed by atoms with van der Waals surface area (Å²) < 4.78 is 1.53. The number of hydrogen-bond donors (Lipinski definition) is 1. The standard InChI is InChI=1S/C18H11Cl2N3O2S/c1-23-17(25)15(26-18(23)21-11-5-2-9(19)3-6-11)14-12-8-10(20)4-7-13(12)22-16(14)24/h2-8,25H,1H3. The number of aromatic hydroxyl groups is 1. The normalized spacial score (nSPS) is 13.9. The summed E-state index contributed by atoms with van der Waals surface area (Å²) in [5.74, 6) is -0.452. The molecule has 1 aromatic heterocycles. The Labute approximate surface area is 161 Å². The van der Waals surface area contributed by atoms with Gasteiger partial charge in [-0.2, -0.15) is 0 Å². The molecular weight excluding hydrogens is 393 g/mol. The molecule has 2 heterocycles. The monoisotopic (exact) mass is 403 g/mol. The summed E-state index contributed by atoms with van der Waals surface area (Å²) in [6, 6.07) is 12.1. The van der Waals surface area contributed by atoms with Gasteiger partial charge in [0.25, 0.3) is 5.91 Å². The second-order valence-corrected chi connectivity index (χ2v) is 7.49. The van der Waals surface area contributed by atoms with E-state index in [-0.39, 0.29) is 5.88 Å². The Morgan fingerprint density at radius 3 is 2.54 bits per heavy atom. The van der Waals surface area contributed by atoms with E-state index in [1.165, 1.54) is 15.9 Å². The summed E-state index contributed by atoms with van der Waals surface area (Å²) in [5, 5.41) is 12.8. The lowest BCUT2D eigenvalue weighted by Gasteiger charge is -1.98. The average Bonchev–Trinajstić information content (AvgIpc) is 3.07. The van der Waals surface area contributed by atoms with Crippen molar-refractivity contribution in [2.45, 2.75) is 0 Å². The molecule has 1 amide bonds. The first kappa shape index (κ1) is 17.0. The van der Waals surface area contributed by atoms with Crippen LogP contribution in [-0.4, -0.2) is 15.6 Å². The number of carbonyl (C=O) groups is 1. The first-order valence-electron chi connectivity index (χ1n) is 7.56. The Morgan fingerprint density at radius 2 is 1.81 bits per heavy atom. The van der Waals surface area contributed by atoms with Crippen LogP contribution in [0.1, 0.15) is 4.88 Å². The summed E-state index contributed by atoms with van der Waals surface area (Å²) in [7, 11) is 1.68. The highest BCUT2D eigenvalue weighted by molar-refractivity contribution is 7.11. The zero-order valence-corrected chi connectivity index (χ0v) is 15.7. The summed E-state index contributed by atoms with van der Waals surface area (Å²) in [5.41, 5.74) is 1.02. The van der Waals surface area contributed by atoms with E-state index in [2.05, 4.69) is 9.98 Å². The highest BCUT2D eigenvalue weighted by atomic mass is 35.5. The van der Waals surface area contributed by atoms with E-state index in [9.17, 15) is 9.90 Å². The molecule has 1 aliphatic heterocycles. The number of aromatic nitrogens is 1. The second-order valence-electron chi connectivity index (χ2n) is 5.64. The van der Waals surface area contributed by atoms with Crippen LogP contribution in [0.4, 0.5) is 5.69 Å². The van der Waals surface area contributed by atoms with Crippen LogP contribution in [0.5, 0.6) is 5.88 Å². The molecule has 0 atom stereocenters. The van der Waals surface area contributed by atoms with Gasteiger partial charge in [-0.1, -0.05) is 34.5 Å². The molecule has 0 bridgehead atoms. The van der Waals surface area contributed by atoms with Crippen molar-refractivity contribution in [3.05, 3.63) is 72.8 Å². The Bertz CT molecular complexity index is 1240. The number of benzene rings is 2. The minimum Gasteiger partial charge on any atom is -0.493 e. The minimum atomic E-state index is -0.405. The summed E-state index contributed by atoms with van der Waals surface area (Å²) in [6.07, 6.45) is 0. The topological polar surface area (TPSA) is 66.9 Å². The lowest BCUT2D eigenvalue weighted by atomic mass is 10.1. The Hall–Kier alpha value is -2.41. The van der Waals surface area contributed by atoms with Gasteiger partial charge in [-0.25, -0.2) is 9.98 Å². The lowest BCUT2D eigenvalue weighted by molar-refractivity contribution is -0.112. The van der Waals surface area contributed by atoms with Crippen LogP contribution >= 0.6 is 34.5 Å². The smallest absolute Gasteiger partial charge is 0.279 e. The van der Waals surface area contributed by atoms with Gasteiger partial charge in [-0.15, -0.1) is 0 Å². The van der Waals surface area contributed by atoms with Crippen LogP contribution < -0.4 is 15.4 Å². The second kappa shape index (κ2) is 6.39. The van der Waals surface area contributed by atoms with Gasteiger partial charge in [-0.3, -0.25) is 9.36 Å². The lowest BCUT2D eigenvalue weighted by Crippen LogP contribution is -2.22. The number of rotatable bonds is 2. The third kappa shape index (κ3) is 2.86. The molecule has 5 nitrogen and oxygen atoms in total. The van der Waals surface area contributed by atoms with Crippen molar-refractivity contribution in [2.24, 2.45) is 17.0 Å². The fraction of sp³-hybridized carbons (Fsp3) is 0.0556. The first-order chi connectivity index (χ1) is 12.4. The predicted molar refractivity (Wildman–Crippen MR) is 101 cm³/mol. The molecular formula is C18H11Cl2N3O2S. The molecule has 0 unspecified atom stereocenters. The highest BCUT2D eigenvalue weighted by Crippen LogP contribution is 2.28. The third-order valence-corrected chi connectivity index (χ3v) is 5.57. The van der Waals surface area contributed by atoms with Crippen molar-refractivity contribution >= 4 is 51.7 Å². The maximum atomic E-state index is 12.4. The van der Waals surface area contributed by atoms with Crippen molar-refractivity contribution in [3.8, 4) is 5.88 Å². The molecule has 3 aromatic rings. The van der Waals surface area contributed by atoms with Crippen molar-refractivity contribution in [3.63, 3.8) is 0 Å². The van der Waals surface area contributed by atoms with E-state index in [1.54, 1.807) is 49.5 Å². The molecule has 1 aliphatic rings. The summed E-state index contributed by atoms with van der Waals surface area (Å²) >= 11 is 13.2. The van der Waals surface area contributed by atoms with Crippen LogP contribution in [-0.2, 0) is 11.8 Å². The van der Waals surface area contributed by atoms with E-state index in [1.807, 2.05) is 0 Å². The van der Waals surface area contributed by atoms with Gasteiger partial charge < -0.3 is 5.11 Å². The molecule has 8 heteroatoms. The molecule has 1 N–H and O–H groups in total. The molecule has 0 saturated carbocycles. The SMILES string of the molecule is Cn1c(O)c(C2=c3cc(Cl)ccc3=NC2=O)sc1=Nc1ccc(Cl)cc1. The zero-order valence-electron chi connectivity index (χ0n) is 13.4. The van der Waals surface area contributed by atoms with Crippen molar-refractivity contribution in [1.29, 1.82) is 0 Å². The van der Waals surface area contributed by atoms with Crippen LogP contribution in [0.3, 0.4) is 0 Å². The van der Waals surface area contributed by atoms with Crippen LogP contribution in [0.25, 0.3) is 5.57 Å². The van der Waals surface area contributed by atoms with Gasteiger partial charge in [0.2, 0.25) is 5.88 Å². The van der Waals surface area contributed by atoms with Gasteiger partial charge >= 0.3 is 0 Å². The summed E-state index contributed by atoms with van der Waals surface area (Å²) in [6.45, 7) is 0. The van der Waals surface area contributed by atoms with Crippen LogP contribution in [0.15, 0.2) is 52.4 Å². The maximum Gasteiger partial charge on any atom is 0.279 e.